The lowest BCUT2D eigenvalue weighted by atomic mass is 9.96. The van der Waals surface area contributed by atoms with Crippen molar-refractivity contribution in [3.63, 3.8) is 0 Å². The SMILES string of the molecule is CO[C@@H]1COC[C@@H](CNCc2cn[nH]c2-c2ccccc2)[C@@H]1O. The minimum absolute atomic E-state index is 0.0285. The van der Waals surface area contributed by atoms with Crippen LogP contribution >= 0.6 is 0 Å². The highest BCUT2D eigenvalue weighted by Gasteiger charge is 2.32. The number of H-pyrrole nitrogens is 1. The smallest absolute Gasteiger partial charge is 0.107 e. The number of methoxy groups -OCH3 is 1. The van der Waals surface area contributed by atoms with Gasteiger partial charge in [-0.3, -0.25) is 5.10 Å². The summed E-state index contributed by atoms with van der Waals surface area (Å²) >= 11 is 0. The van der Waals surface area contributed by atoms with Gasteiger partial charge >= 0.3 is 0 Å². The standard InChI is InChI=1S/C17H23N3O3/c1-22-15-11-23-10-14(17(15)21)8-18-7-13-9-19-20-16(13)12-5-3-2-4-6-12/h2-6,9,14-15,17-18,21H,7-8,10-11H2,1H3,(H,19,20)/t14-,15-,17+/m1/s1. The van der Waals surface area contributed by atoms with Crippen molar-refractivity contribution in [1.82, 2.24) is 15.5 Å². The third-order valence-corrected chi connectivity index (χ3v) is 4.28. The predicted octanol–water partition coefficient (Wildman–Crippen LogP) is 1.19. The molecule has 2 heterocycles. The molecule has 1 fully saturated rings. The van der Waals surface area contributed by atoms with Gasteiger partial charge in [0.15, 0.2) is 0 Å². The summed E-state index contributed by atoms with van der Waals surface area (Å²) in [6, 6.07) is 10.1. The molecule has 6 heteroatoms. The van der Waals surface area contributed by atoms with Gasteiger partial charge in [0.1, 0.15) is 6.10 Å². The van der Waals surface area contributed by atoms with E-state index < -0.39 is 6.10 Å². The summed E-state index contributed by atoms with van der Waals surface area (Å²) in [6.07, 6.45) is 1.09. The number of aliphatic hydroxyl groups is 1. The lowest BCUT2D eigenvalue weighted by Gasteiger charge is -2.33. The zero-order valence-electron chi connectivity index (χ0n) is 13.2. The summed E-state index contributed by atoms with van der Waals surface area (Å²) in [5.41, 5.74) is 3.24. The Morgan fingerprint density at radius 3 is 2.96 bits per heavy atom. The Hall–Kier alpha value is -1.73. The molecule has 124 valence electrons. The molecule has 3 N–H and O–H groups in total. The quantitative estimate of drug-likeness (QED) is 0.746. The molecule has 3 atom stereocenters. The summed E-state index contributed by atoms with van der Waals surface area (Å²) in [5.74, 6) is 0.0285. The summed E-state index contributed by atoms with van der Waals surface area (Å²) in [6.45, 7) is 2.35. The third kappa shape index (κ3) is 3.79. The van der Waals surface area contributed by atoms with Gasteiger partial charge in [-0.15, -0.1) is 0 Å². The van der Waals surface area contributed by atoms with Gasteiger partial charge < -0.3 is 19.9 Å². The van der Waals surface area contributed by atoms with Gasteiger partial charge in [-0.2, -0.15) is 5.10 Å². The van der Waals surface area contributed by atoms with Crippen molar-refractivity contribution in [1.29, 1.82) is 0 Å². The van der Waals surface area contributed by atoms with Gasteiger partial charge in [0.05, 0.1) is 31.2 Å². The highest BCUT2D eigenvalue weighted by molar-refractivity contribution is 5.62. The number of hydrogen-bond donors (Lipinski definition) is 3. The Morgan fingerprint density at radius 1 is 1.35 bits per heavy atom. The number of aromatic nitrogens is 2. The van der Waals surface area contributed by atoms with Crippen molar-refractivity contribution in [3.05, 3.63) is 42.1 Å². The maximum absolute atomic E-state index is 10.3. The second-order valence-electron chi connectivity index (χ2n) is 5.83. The number of aliphatic hydroxyl groups excluding tert-OH is 1. The summed E-state index contributed by atoms with van der Waals surface area (Å²) < 4.78 is 10.7. The van der Waals surface area contributed by atoms with Gasteiger partial charge in [-0.25, -0.2) is 0 Å². The van der Waals surface area contributed by atoms with Gasteiger partial charge in [-0.1, -0.05) is 30.3 Å². The molecular weight excluding hydrogens is 294 g/mol. The monoisotopic (exact) mass is 317 g/mol. The number of benzene rings is 1. The molecule has 0 saturated carbocycles. The molecular formula is C17H23N3O3. The molecule has 0 unspecified atom stereocenters. The first kappa shape index (κ1) is 16.1. The van der Waals surface area contributed by atoms with Crippen molar-refractivity contribution in [2.24, 2.45) is 5.92 Å². The number of aromatic amines is 1. The van der Waals surface area contributed by atoms with Crippen molar-refractivity contribution >= 4 is 0 Å². The van der Waals surface area contributed by atoms with Crippen molar-refractivity contribution in [3.8, 4) is 11.3 Å². The average Bonchev–Trinajstić information content (AvgIpc) is 3.06. The zero-order valence-corrected chi connectivity index (χ0v) is 13.2. The van der Waals surface area contributed by atoms with E-state index >= 15 is 0 Å². The summed E-state index contributed by atoms with van der Waals surface area (Å²) in [4.78, 5) is 0. The largest absolute Gasteiger partial charge is 0.390 e. The molecule has 23 heavy (non-hydrogen) atoms. The first-order valence-electron chi connectivity index (χ1n) is 7.86. The van der Waals surface area contributed by atoms with Crippen molar-refractivity contribution < 1.29 is 14.6 Å². The number of rotatable bonds is 6. The van der Waals surface area contributed by atoms with Crippen LogP contribution in [0.25, 0.3) is 11.3 Å². The van der Waals surface area contributed by atoms with Crippen LogP contribution in [0.5, 0.6) is 0 Å². The molecule has 0 bridgehead atoms. The predicted molar refractivity (Wildman–Crippen MR) is 86.8 cm³/mol. The van der Waals surface area contributed by atoms with Gasteiger partial charge in [0.25, 0.3) is 0 Å². The molecule has 1 aromatic carbocycles. The van der Waals surface area contributed by atoms with Crippen LogP contribution in [0.2, 0.25) is 0 Å². The van der Waals surface area contributed by atoms with E-state index in [-0.39, 0.29) is 12.0 Å². The zero-order chi connectivity index (χ0) is 16.1. The molecule has 2 aromatic rings. The lowest BCUT2D eigenvalue weighted by Crippen LogP contribution is -2.48. The fraction of sp³-hybridized carbons (Fsp3) is 0.471. The van der Waals surface area contributed by atoms with E-state index in [0.717, 1.165) is 16.8 Å². The maximum Gasteiger partial charge on any atom is 0.107 e. The number of ether oxygens (including phenoxy) is 2. The van der Waals surface area contributed by atoms with Crippen LogP contribution in [-0.4, -0.2) is 54.4 Å². The highest BCUT2D eigenvalue weighted by Crippen LogP contribution is 2.21. The van der Waals surface area contributed by atoms with Crippen LogP contribution in [0.15, 0.2) is 36.5 Å². The first-order valence-corrected chi connectivity index (χ1v) is 7.86. The second kappa shape index (κ2) is 7.70. The van der Waals surface area contributed by atoms with E-state index in [4.69, 9.17) is 9.47 Å². The van der Waals surface area contributed by atoms with E-state index in [9.17, 15) is 5.11 Å². The Balaban J connectivity index is 1.57. The lowest BCUT2D eigenvalue weighted by molar-refractivity contribution is -0.133. The molecule has 1 aliphatic rings. The minimum Gasteiger partial charge on any atom is -0.390 e. The van der Waals surface area contributed by atoms with E-state index in [1.807, 2.05) is 24.4 Å². The molecule has 0 spiro atoms. The molecule has 6 nitrogen and oxygen atoms in total. The van der Waals surface area contributed by atoms with E-state index in [0.29, 0.717) is 26.3 Å². The van der Waals surface area contributed by atoms with E-state index in [2.05, 4.69) is 27.6 Å². The fourth-order valence-electron chi connectivity index (χ4n) is 2.92. The summed E-state index contributed by atoms with van der Waals surface area (Å²) in [7, 11) is 1.60. The topological polar surface area (TPSA) is 79.4 Å². The molecule has 1 saturated heterocycles. The van der Waals surface area contributed by atoms with Crippen LogP contribution < -0.4 is 5.32 Å². The average molecular weight is 317 g/mol. The van der Waals surface area contributed by atoms with Gasteiger partial charge in [0.2, 0.25) is 0 Å². The van der Waals surface area contributed by atoms with Crippen molar-refractivity contribution in [2.45, 2.75) is 18.8 Å². The Morgan fingerprint density at radius 2 is 2.17 bits per heavy atom. The number of hydrogen-bond acceptors (Lipinski definition) is 5. The van der Waals surface area contributed by atoms with Crippen LogP contribution in [0.4, 0.5) is 0 Å². The van der Waals surface area contributed by atoms with Gasteiger partial charge in [-0.05, 0) is 5.56 Å². The molecule has 0 amide bonds. The summed E-state index contributed by atoms with van der Waals surface area (Å²) in [5, 5.41) is 20.8. The first-order chi connectivity index (χ1) is 11.3. The fourth-order valence-corrected chi connectivity index (χ4v) is 2.92. The number of nitrogens with zero attached hydrogens (tertiary/aromatic N) is 1. The van der Waals surface area contributed by atoms with Gasteiger partial charge in [0, 0.05) is 31.7 Å². The normalized spacial score (nSPS) is 24.7. The Bertz CT molecular complexity index is 602. The second-order valence-corrected chi connectivity index (χ2v) is 5.83. The number of nitrogens with one attached hydrogen (secondary N) is 2. The molecule has 0 aliphatic carbocycles. The van der Waals surface area contributed by atoms with Crippen LogP contribution in [0.3, 0.4) is 0 Å². The van der Waals surface area contributed by atoms with E-state index in [1.54, 1.807) is 7.11 Å². The maximum atomic E-state index is 10.3. The van der Waals surface area contributed by atoms with Crippen molar-refractivity contribution in [2.75, 3.05) is 26.9 Å². The van der Waals surface area contributed by atoms with Crippen LogP contribution in [0, 0.1) is 5.92 Å². The Labute approximate surface area is 135 Å². The molecule has 1 aliphatic heterocycles. The van der Waals surface area contributed by atoms with E-state index in [1.165, 1.54) is 0 Å². The highest BCUT2D eigenvalue weighted by atomic mass is 16.5. The third-order valence-electron chi connectivity index (χ3n) is 4.28. The molecule has 0 radical (unpaired) electrons. The molecule has 1 aromatic heterocycles. The van der Waals surface area contributed by atoms with Crippen LogP contribution in [-0.2, 0) is 16.0 Å². The minimum atomic E-state index is -0.501. The Kier molecular flexibility index (Phi) is 5.40. The van der Waals surface area contributed by atoms with Crippen LogP contribution in [0.1, 0.15) is 5.56 Å². The molecule has 3 rings (SSSR count).